The summed E-state index contributed by atoms with van der Waals surface area (Å²) in [5.74, 6) is -1.19. The van der Waals surface area contributed by atoms with E-state index in [1.807, 2.05) is 30.3 Å². The molecule has 35 heavy (non-hydrogen) atoms. The van der Waals surface area contributed by atoms with Crippen molar-refractivity contribution in [3.63, 3.8) is 0 Å². The number of benzene rings is 3. The fourth-order valence-corrected chi connectivity index (χ4v) is 4.33. The monoisotopic (exact) mass is 490 g/mol. The van der Waals surface area contributed by atoms with Crippen LogP contribution < -0.4 is 0 Å². The largest absolute Gasteiger partial charge is 0.457 e. The summed E-state index contributed by atoms with van der Waals surface area (Å²) in [5, 5.41) is 11.7. The average molecular weight is 491 g/mol. The molecule has 0 fully saturated rings. The van der Waals surface area contributed by atoms with Crippen LogP contribution in [-0.4, -0.2) is 21.7 Å². The van der Waals surface area contributed by atoms with E-state index < -0.39 is 16.8 Å². The van der Waals surface area contributed by atoms with Crippen LogP contribution in [0.15, 0.2) is 90.1 Å². The molecule has 3 aromatic carbocycles. The van der Waals surface area contributed by atoms with E-state index >= 15 is 0 Å². The van der Waals surface area contributed by atoms with Gasteiger partial charge in [0.25, 0.3) is 5.69 Å². The van der Waals surface area contributed by atoms with Gasteiger partial charge in [0.05, 0.1) is 17.0 Å². The Bertz CT molecular complexity index is 1290. The van der Waals surface area contributed by atoms with Crippen molar-refractivity contribution < 1.29 is 19.2 Å². The molecule has 1 amide bonds. The Morgan fingerprint density at radius 3 is 2.43 bits per heavy atom. The lowest BCUT2D eigenvalue weighted by Crippen LogP contribution is -2.38. The number of nitrogens with zero attached hydrogens (tertiary/aromatic N) is 2. The topological polar surface area (TPSA) is 89.8 Å². The third-order valence-corrected chi connectivity index (χ3v) is 6.24. The fourth-order valence-electron chi connectivity index (χ4n) is 4.20. The molecule has 0 aromatic heterocycles. The van der Waals surface area contributed by atoms with Crippen molar-refractivity contribution >= 4 is 29.2 Å². The van der Waals surface area contributed by atoms with Crippen molar-refractivity contribution in [2.24, 2.45) is 0 Å². The molecule has 178 valence electrons. The summed E-state index contributed by atoms with van der Waals surface area (Å²) in [6.45, 7) is 1.91. The summed E-state index contributed by atoms with van der Waals surface area (Å²) < 4.78 is 5.65. The second-order valence-electron chi connectivity index (χ2n) is 8.28. The van der Waals surface area contributed by atoms with E-state index in [1.165, 1.54) is 17.0 Å². The van der Waals surface area contributed by atoms with Crippen LogP contribution in [0, 0.1) is 10.1 Å². The number of ether oxygens (including phenoxy) is 1. The molecule has 0 saturated heterocycles. The molecular formula is C27H23ClN2O5. The lowest BCUT2D eigenvalue weighted by Gasteiger charge is -2.34. The first-order valence-corrected chi connectivity index (χ1v) is 11.4. The van der Waals surface area contributed by atoms with Crippen LogP contribution >= 0.6 is 11.6 Å². The molecule has 1 aliphatic rings. The first-order valence-electron chi connectivity index (χ1n) is 11.0. The number of hydrogen-bond acceptors (Lipinski definition) is 5. The molecule has 1 heterocycles. The molecule has 1 aliphatic heterocycles. The zero-order valence-corrected chi connectivity index (χ0v) is 19.8. The van der Waals surface area contributed by atoms with E-state index in [4.69, 9.17) is 16.3 Å². The second-order valence-corrected chi connectivity index (χ2v) is 8.71. The number of nitro benzene ring substituents is 1. The number of allylic oxidation sites excluding steroid dienone is 1. The molecule has 7 nitrogen and oxygen atoms in total. The van der Waals surface area contributed by atoms with E-state index in [2.05, 4.69) is 0 Å². The van der Waals surface area contributed by atoms with E-state index in [-0.39, 0.29) is 31.2 Å². The Labute approximate surface area is 207 Å². The maximum atomic E-state index is 13.3. The highest BCUT2D eigenvalue weighted by atomic mass is 35.5. The average Bonchev–Trinajstić information content (AvgIpc) is 2.86. The van der Waals surface area contributed by atoms with Gasteiger partial charge in [-0.1, -0.05) is 66.2 Å². The van der Waals surface area contributed by atoms with Crippen LogP contribution in [0.25, 0.3) is 0 Å². The highest BCUT2D eigenvalue weighted by Gasteiger charge is 2.37. The summed E-state index contributed by atoms with van der Waals surface area (Å²) in [6, 6.07) is 22.5. The highest BCUT2D eigenvalue weighted by molar-refractivity contribution is 6.30. The van der Waals surface area contributed by atoms with E-state index in [0.717, 1.165) is 11.1 Å². The van der Waals surface area contributed by atoms with Gasteiger partial charge in [-0.3, -0.25) is 14.9 Å². The molecule has 0 aliphatic carbocycles. The number of esters is 1. The smallest absolute Gasteiger partial charge is 0.336 e. The van der Waals surface area contributed by atoms with Crippen molar-refractivity contribution in [2.75, 3.05) is 0 Å². The van der Waals surface area contributed by atoms with E-state index in [9.17, 15) is 19.7 Å². The number of non-ortho nitro benzene ring substituents is 1. The van der Waals surface area contributed by atoms with Gasteiger partial charge in [-0.2, -0.15) is 0 Å². The number of carbonyl (C=O) groups is 2. The number of rotatable bonds is 7. The third-order valence-electron chi connectivity index (χ3n) is 5.99. The van der Waals surface area contributed by atoms with Crippen LogP contribution in [0.1, 0.15) is 36.0 Å². The molecule has 0 N–H and O–H groups in total. The molecule has 3 aromatic rings. The van der Waals surface area contributed by atoms with Crippen LogP contribution in [-0.2, 0) is 27.5 Å². The van der Waals surface area contributed by atoms with Crippen LogP contribution in [0.2, 0.25) is 5.02 Å². The first kappa shape index (κ1) is 24.2. The van der Waals surface area contributed by atoms with Crippen molar-refractivity contribution in [3.8, 4) is 0 Å². The highest BCUT2D eigenvalue weighted by Crippen LogP contribution is 2.38. The third kappa shape index (κ3) is 5.58. The molecule has 1 atom stereocenters. The number of amides is 1. The zero-order chi connectivity index (χ0) is 24.9. The molecule has 8 heteroatoms. The molecule has 0 radical (unpaired) electrons. The van der Waals surface area contributed by atoms with E-state index in [0.29, 0.717) is 21.9 Å². The quantitative estimate of drug-likeness (QED) is 0.238. The van der Waals surface area contributed by atoms with Gasteiger partial charge < -0.3 is 9.64 Å². The summed E-state index contributed by atoms with van der Waals surface area (Å²) in [7, 11) is 0. The van der Waals surface area contributed by atoms with Gasteiger partial charge in [-0.25, -0.2) is 4.79 Å². The second kappa shape index (κ2) is 10.5. The van der Waals surface area contributed by atoms with Crippen LogP contribution in [0.3, 0.4) is 0 Å². The Morgan fingerprint density at radius 1 is 1.06 bits per heavy atom. The lowest BCUT2D eigenvalue weighted by atomic mass is 9.83. The minimum Gasteiger partial charge on any atom is -0.457 e. The van der Waals surface area contributed by atoms with Gasteiger partial charge in [0.1, 0.15) is 6.61 Å². The minimum atomic E-state index is -0.511. The van der Waals surface area contributed by atoms with Gasteiger partial charge >= 0.3 is 5.97 Å². The molecular weight excluding hydrogens is 468 g/mol. The Kier molecular flexibility index (Phi) is 7.27. The SMILES string of the molecule is CC1=C(C(=O)OCc2ccccc2)C(c2ccc(Cl)cc2)CC(=O)N1Cc1cccc([N+](=O)[O-])c1. The summed E-state index contributed by atoms with van der Waals surface area (Å²) >= 11 is 6.05. The number of halogens is 1. The van der Waals surface area contributed by atoms with Gasteiger partial charge in [-0.05, 0) is 35.7 Å². The number of hydrogen-bond donors (Lipinski definition) is 0. The summed E-state index contributed by atoms with van der Waals surface area (Å²) in [5.41, 5.74) is 3.01. The maximum absolute atomic E-state index is 13.3. The van der Waals surface area contributed by atoms with Gasteiger partial charge in [0.15, 0.2) is 0 Å². The lowest BCUT2D eigenvalue weighted by molar-refractivity contribution is -0.384. The molecule has 4 rings (SSSR count). The van der Waals surface area contributed by atoms with Crippen molar-refractivity contribution in [1.82, 2.24) is 4.90 Å². The van der Waals surface area contributed by atoms with E-state index in [1.54, 1.807) is 43.3 Å². The van der Waals surface area contributed by atoms with Crippen molar-refractivity contribution in [2.45, 2.75) is 32.4 Å². The Morgan fingerprint density at radius 2 is 1.74 bits per heavy atom. The van der Waals surface area contributed by atoms with Gasteiger partial charge in [0.2, 0.25) is 5.91 Å². The summed E-state index contributed by atoms with van der Waals surface area (Å²) in [6.07, 6.45) is 0.0592. The standard InChI is InChI=1S/C27H23ClN2O5/c1-18-26(27(32)35-17-19-6-3-2-4-7-19)24(21-10-12-22(28)13-11-21)15-25(31)29(18)16-20-8-5-9-23(14-20)30(33)34/h2-14,24H,15-17H2,1H3. The molecule has 1 unspecified atom stereocenters. The molecule has 0 spiro atoms. The minimum absolute atomic E-state index is 0.0592. The predicted octanol–water partition coefficient (Wildman–Crippen LogP) is 5.78. The summed E-state index contributed by atoms with van der Waals surface area (Å²) in [4.78, 5) is 38.7. The van der Waals surface area contributed by atoms with Crippen LogP contribution in [0.4, 0.5) is 5.69 Å². The normalized spacial score (nSPS) is 15.8. The van der Waals surface area contributed by atoms with Gasteiger partial charge in [-0.15, -0.1) is 0 Å². The van der Waals surface area contributed by atoms with Crippen LogP contribution in [0.5, 0.6) is 0 Å². The van der Waals surface area contributed by atoms with Gasteiger partial charge in [0, 0.05) is 35.2 Å². The predicted molar refractivity (Wildman–Crippen MR) is 131 cm³/mol. The molecule has 0 saturated carbocycles. The zero-order valence-electron chi connectivity index (χ0n) is 19.0. The first-order chi connectivity index (χ1) is 16.8. The Hall–Kier alpha value is -3.97. The fraction of sp³-hybridized carbons (Fsp3) is 0.185. The number of carbonyl (C=O) groups excluding carboxylic acids is 2. The van der Waals surface area contributed by atoms with Crippen molar-refractivity contribution in [1.29, 1.82) is 0 Å². The Balaban J connectivity index is 1.68. The number of nitro groups is 1. The maximum Gasteiger partial charge on any atom is 0.336 e. The van der Waals surface area contributed by atoms with Crippen molar-refractivity contribution in [3.05, 3.63) is 122 Å². The molecule has 0 bridgehead atoms.